The number of likely N-dealkylation sites (tertiary alicyclic amines) is 1. The molecule has 8 nitrogen and oxygen atoms in total. The number of nitrogens with zero attached hydrogens (tertiary/aromatic N) is 3. The molecular formula is C20H28F3N5O3. The van der Waals surface area contributed by atoms with E-state index in [0.29, 0.717) is 25.9 Å². The maximum atomic E-state index is 13.4. The van der Waals surface area contributed by atoms with Gasteiger partial charge in [0.2, 0.25) is 12.3 Å². The summed E-state index contributed by atoms with van der Waals surface area (Å²) in [5.74, 6) is -1.25. The van der Waals surface area contributed by atoms with Crippen molar-refractivity contribution in [3.8, 4) is 0 Å². The lowest BCUT2D eigenvalue weighted by Crippen LogP contribution is -2.42. The number of halogens is 3. The van der Waals surface area contributed by atoms with Crippen LogP contribution in [-0.2, 0) is 15.8 Å². The third-order valence-electron chi connectivity index (χ3n) is 5.95. The minimum absolute atomic E-state index is 0.00363. The predicted octanol–water partition coefficient (Wildman–Crippen LogP) is 2.12. The molecule has 1 aromatic rings. The van der Waals surface area contributed by atoms with Gasteiger partial charge in [0.05, 0.1) is 11.6 Å². The van der Waals surface area contributed by atoms with Crippen LogP contribution < -0.4 is 10.6 Å². The van der Waals surface area contributed by atoms with Crippen molar-refractivity contribution in [1.82, 2.24) is 25.3 Å². The molecule has 172 valence electrons. The first-order valence-electron chi connectivity index (χ1n) is 10.7. The first-order valence-corrected chi connectivity index (χ1v) is 10.7. The van der Waals surface area contributed by atoms with Crippen molar-refractivity contribution in [3.63, 3.8) is 0 Å². The van der Waals surface area contributed by atoms with Crippen molar-refractivity contribution in [2.24, 2.45) is 5.92 Å². The summed E-state index contributed by atoms with van der Waals surface area (Å²) < 4.78 is 41.5. The molecule has 2 heterocycles. The second-order valence-electron chi connectivity index (χ2n) is 8.12. The van der Waals surface area contributed by atoms with Gasteiger partial charge in [0, 0.05) is 38.3 Å². The van der Waals surface area contributed by atoms with Crippen molar-refractivity contribution in [2.45, 2.75) is 57.2 Å². The van der Waals surface area contributed by atoms with Gasteiger partial charge in [0.25, 0.3) is 5.91 Å². The van der Waals surface area contributed by atoms with Crippen molar-refractivity contribution >= 4 is 18.2 Å². The highest BCUT2D eigenvalue weighted by Gasteiger charge is 2.40. The summed E-state index contributed by atoms with van der Waals surface area (Å²) in [5, 5.41) is 8.82. The molecule has 2 aliphatic rings. The van der Waals surface area contributed by atoms with Crippen LogP contribution in [0.4, 0.5) is 13.2 Å². The summed E-state index contributed by atoms with van der Waals surface area (Å²) in [7, 11) is 0. The Morgan fingerprint density at radius 2 is 1.71 bits per heavy atom. The van der Waals surface area contributed by atoms with Crippen LogP contribution in [0.2, 0.25) is 0 Å². The van der Waals surface area contributed by atoms with Gasteiger partial charge in [-0.3, -0.25) is 19.1 Å². The second kappa shape index (κ2) is 10.1. The largest absolute Gasteiger partial charge is 0.435 e. The molecule has 2 fully saturated rings. The zero-order valence-electron chi connectivity index (χ0n) is 17.3. The molecule has 0 spiro atoms. The number of aromatic nitrogens is 2. The van der Waals surface area contributed by atoms with E-state index in [9.17, 15) is 27.6 Å². The van der Waals surface area contributed by atoms with Crippen molar-refractivity contribution in [1.29, 1.82) is 0 Å². The summed E-state index contributed by atoms with van der Waals surface area (Å²) in [5.41, 5.74) is -1.67. The van der Waals surface area contributed by atoms with Crippen LogP contribution in [0.15, 0.2) is 6.20 Å². The molecule has 1 aliphatic heterocycles. The number of amides is 3. The van der Waals surface area contributed by atoms with E-state index in [4.69, 9.17) is 0 Å². The molecule has 1 aliphatic carbocycles. The van der Waals surface area contributed by atoms with Gasteiger partial charge in [0.1, 0.15) is 0 Å². The summed E-state index contributed by atoms with van der Waals surface area (Å²) >= 11 is 0. The number of carbonyl (C=O) groups is 3. The molecule has 1 saturated heterocycles. The van der Waals surface area contributed by atoms with E-state index in [1.807, 2.05) is 0 Å². The average molecular weight is 443 g/mol. The van der Waals surface area contributed by atoms with E-state index in [2.05, 4.69) is 15.7 Å². The summed E-state index contributed by atoms with van der Waals surface area (Å²) in [4.78, 5) is 36.9. The third kappa shape index (κ3) is 5.98. The number of piperidine rings is 1. The van der Waals surface area contributed by atoms with Crippen LogP contribution >= 0.6 is 0 Å². The Hall–Kier alpha value is -2.59. The van der Waals surface area contributed by atoms with Gasteiger partial charge < -0.3 is 15.5 Å². The number of hydrogen-bond donors (Lipinski definition) is 2. The average Bonchev–Trinajstić information content (AvgIpc) is 3.23. The van der Waals surface area contributed by atoms with E-state index < -0.39 is 23.3 Å². The molecule has 0 bridgehead atoms. The lowest BCUT2D eigenvalue weighted by atomic mass is 9.96. The highest BCUT2D eigenvalue weighted by atomic mass is 19.4. The monoisotopic (exact) mass is 443 g/mol. The predicted molar refractivity (Wildman–Crippen MR) is 105 cm³/mol. The minimum Gasteiger partial charge on any atom is -0.354 e. The number of alkyl halides is 3. The standard InChI is InChI=1S/C20H28F3N5O3/c21-20(22,23)17-16(12-28(26-17)15-4-2-1-3-5-15)19(31)25-9-8-24-18(30)14-6-10-27(13-29)11-7-14/h12-15H,1-11H2,(H,24,30)(H,25,31). The van der Waals surface area contributed by atoms with Crippen LogP contribution in [0, 0.1) is 5.92 Å². The molecule has 31 heavy (non-hydrogen) atoms. The van der Waals surface area contributed by atoms with Crippen LogP contribution in [0.5, 0.6) is 0 Å². The molecule has 0 atom stereocenters. The fourth-order valence-corrected chi connectivity index (χ4v) is 4.17. The Balaban J connectivity index is 1.52. The first kappa shape index (κ1) is 23.1. The van der Waals surface area contributed by atoms with E-state index in [1.165, 1.54) is 10.9 Å². The Morgan fingerprint density at radius 1 is 1.06 bits per heavy atom. The lowest BCUT2D eigenvalue weighted by molar-refractivity contribution is -0.142. The maximum absolute atomic E-state index is 13.4. The Bertz CT molecular complexity index is 782. The number of hydrogen-bond acceptors (Lipinski definition) is 4. The Morgan fingerprint density at radius 3 is 2.32 bits per heavy atom. The highest BCUT2D eigenvalue weighted by molar-refractivity contribution is 5.95. The van der Waals surface area contributed by atoms with Crippen molar-refractivity contribution < 1.29 is 27.6 Å². The quantitative estimate of drug-likeness (QED) is 0.498. The van der Waals surface area contributed by atoms with Gasteiger partial charge in [0.15, 0.2) is 5.69 Å². The lowest BCUT2D eigenvalue weighted by Gasteiger charge is -2.28. The molecule has 3 amide bonds. The van der Waals surface area contributed by atoms with Crippen molar-refractivity contribution in [2.75, 3.05) is 26.2 Å². The van der Waals surface area contributed by atoms with Crippen LogP contribution in [-0.4, -0.2) is 59.1 Å². The molecular weight excluding hydrogens is 415 g/mol. The van der Waals surface area contributed by atoms with Gasteiger partial charge in [-0.2, -0.15) is 18.3 Å². The summed E-state index contributed by atoms with van der Waals surface area (Å²) in [6, 6.07) is -0.124. The topological polar surface area (TPSA) is 96.3 Å². The third-order valence-corrected chi connectivity index (χ3v) is 5.95. The molecule has 11 heteroatoms. The molecule has 2 N–H and O–H groups in total. The number of nitrogens with one attached hydrogen (secondary N) is 2. The molecule has 0 aromatic carbocycles. The van der Waals surface area contributed by atoms with Crippen LogP contribution in [0.25, 0.3) is 0 Å². The van der Waals surface area contributed by atoms with Gasteiger partial charge in [-0.15, -0.1) is 0 Å². The van der Waals surface area contributed by atoms with Crippen LogP contribution in [0.1, 0.15) is 67.0 Å². The summed E-state index contributed by atoms with van der Waals surface area (Å²) in [6.45, 7) is 1.15. The van der Waals surface area contributed by atoms with Gasteiger partial charge in [-0.1, -0.05) is 19.3 Å². The zero-order valence-corrected chi connectivity index (χ0v) is 17.3. The molecule has 1 aromatic heterocycles. The minimum atomic E-state index is -4.73. The molecule has 0 unspecified atom stereocenters. The summed E-state index contributed by atoms with van der Waals surface area (Å²) in [6.07, 6.45) is 2.76. The SMILES string of the molecule is O=CN1CCC(C(=O)NCCNC(=O)c2cn(C3CCCCC3)nc2C(F)(F)F)CC1. The zero-order chi connectivity index (χ0) is 22.4. The van der Waals surface area contributed by atoms with Gasteiger partial charge in [-0.05, 0) is 25.7 Å². The fourth-order valence-electron chi connectivity index (χ4n) is 4.17. The van der Waals surface area contributed by atoms with E-state index in [0.717, 1.165) is 38.5 Å². The van der Waals surface area contributed by atoms with E-state index >= 15 is 0 Å². The van der Waals surface area contributed by atoms with Gasteiger partial charge >= 0.3 is 6.18 Å². The Labute approximate surface area is 178 Å². The van der Waals surface area contributed by atoms with Gasteiger partial charge in [-0.25, -0.2) is 0 Å². The van der Waals surface area contributed by atoms with Crippen LogP contribution in [0.3, 0.4) is 0 Å². The normalized spacial score (nSPS) is 18.6. The molecule has 1 saturated carbocycles. The molecule has 0 radical (unpaired) electrons. The fraction of sp³-hybridized carbons (Fsp3) is 0.700. The van der Waals surface area contributed by atoms with E-state index in [1.54, 1.807) is 4.90 Å². The molecule has 3 rings (SSSR count). The van der Waals surface area contributed by atoms with E-state index in [-0.39, 0.29) is 31.0 Å². The second-order valence-corrected chi connectivity index (χ2v) is 8.12. The Kier molecular flexibility index (Phi) is 7.55. The smallest absolute Gasteiger partial charge is 0.354 e. The first-order chi connectivity index (χ1) is 14.8. The number of carbonyl (C=O) groups excluding carboxylic acids is 3. The highest BCUT2D eigenvalue weighted by Crippen LogP contribution is 2.34. The maximum Gasteiger partial charge on any atom is 0.435 e. The van der Waals surface area contributed by atoms with Crippen molar-refractivity contribution in [3.05, 3.63) is 17.5 Å². The number of rotatable bonds is 7.